The molecule has 5 heteroatoms. The van der Waals surface area contributed by atoms with Crippen molar-refractivity contribution in [3.8, 4) is 0 Å². The maximum absolute atomic E-state index is 12.9. The number of nitrogens with zero attached hydrogens (tertiary/aromatic N) is 2. The third-order valence-corrected chi connectivity index (χ3v) is 5.33. The van der Waals surface area contributed by atoms with E-state index in [1.54, 1.807) is 12.1 Å². The van der Waals surface area contributed by atoms with E-state index in [0.717, 1.165) is 38.0 Å². The average Bonchev–Trinajstić information content (AvgIpc) is 2.63. The summed E-state index contributed by atoms with van der Waals surface area (Å²) in [6.45, 7) is 3.70. The molecule has 0 aromatic heterocycles. The van der Waals surface area contributed by atoms with Crippen LogP contribution in [-0.4, -0.2) is 59.6 Å². The Morgan fingerprint density at radius 2 is 2.04 bits per heavy atom. The Morgan fingerprint density at radius 3 is 2.80 bits per heavy atom. The van der Waals surface area contributed by atoms with Crippen LogP contribution in [-0.2, 0) is 4.79 Å². The van der Waals surface area contributed by atoms with E-state index < -0.39 is 0 Å². The summed E-state index contributed by atoms with van der Waals surface area (Å²) in [5.41, 5.74) is 1.01. The molecule has 25 heavy (non-hydrogen) atoms. The Bertz CT molecular complexity index is 602. The second-order valence-corrected chi connectivity index (χ2v) is 7.03. The quantitative estimate of drug-likeness (QED) is 0.861. The Labute approximate surface area is 148 Å². The Balaban J connectivity index is 1.52. The number of carbonyl (C=O) groups excluding carboxylic acids is 1. The first kappa shape index (κ1) is 18.1. The van der Waals surface area contributed by atoms with E-state index in [4.69, 9.17) is 5.11 Å². The van der Waals surface area contributed by atoms with Crippen LogP contribution in [0.2, 0.25) is 0 Å². The minimum absolute atomic E-state index is 0.140. The molecule has 0 aliphatic carbocycles. The molecule has 1 amide bonds. The van der Waals surface area contributed by atoms with E-state index in [1.807, 2.05) is 11.0 Å². The number of aliphatic hydroxyl groups is 1. The van der Waals surface area contributed by atoms with Gasteiger partial charge in [-0.2, -0.15) is 0 Å². The second-order valence-electron chi connectivity index (χ2n) is 7.03. The van der Waals surface area contributed by atoms with E-state index in [2.05, 4.69) is 11.0 Å². The van der Waals surface area contributed by atoms with Gasteiger partial charge in [0.15, 0.2) is 0 Å². The zero-order valence-electron chi connectivity index (χ0n) is 14.6. The van der Waals surface area contributed by atoms with Crippen molar-refractivity contribution in [2.24, 2.45) is 5.92 Å². The van der Waals surface area contributed by atoms with Gasteiger partial charge < -0.3 is 10.0 Å². The zero-order chi connectivity index (χ0) is 17.6. The molecule has 1 N–H and O–H groups in total. The van der Waals surface area contributed by atoms with Crippen LogP contribution < -0.4 is 0 Å². The van der Waals surface area contributed by atoms with Gasteiger partial charge in [-0.15, -0.1) is 0 Å². The Hall–Kier alpha value is -1.72. The fraction of sp³-hybridized carbons (Fsp3) is 0.550. The third-order valence-electron chi connectivity index (χ3n) is 5.33. The molecular formula is C20H27FN2O2. The van der Waals surface area contributed by atoms with Crippen LogP contribution in [0.25, 0.3) is 6.08 Å². The summed E-state index contributed by atoms with van der Waals surface area (Å²) in [6.07, 6.45) is 7.43. The molecule has 2 aliphatic rings. The molecule has 2 aliphatic heterocycles. The van der Waals surface area contributed by atoms with Crippen molar-refractivity contribution < 1.29 is 14.3 Å². The summed E-state index contributed by atoms with van der Waals surface area (Å²) in [7, 11) is 0. The van der Waals surface area contributed by atoms with E-state index >= 15 is 0 Å². The largest absolute Gasteiger partial charge is 0.396 e. The number of halogens is 1. The van der Waals surface area contributed by atoms with Crippen molar-refractivity contribution in [3.63, 3.8) is 0 Å². The summed E-state index contributed by atoms with van der Waals surface area (Å²) in [6, 6.07) is 6.86. The van der Waals surface area contributed by atoms with Crippen molar-refractivity contribution in [2.45, 2.75) is 31.7 Å². The molecular weight excluding hydrogens is 319 g/mol. The van der Waals surface area contributed by atoms with Crippen molar-refractivity contribution in [3.05, 3.63) is 41.7 Å². The van der Waals surface area contributed by atoms with E-state index in [-0.39, 0.29) is 18.3 Å². The monoisotopic (exact) mass is 346 g/mol. The summed E-state index contributed by atoms with van der Waals surface area (Å²) in [4.78, 5) is 16.6. The molecule has 4 nitrogen and oxygen atoms in total. The van der Waals surface area contributed by atoms with Gasteiger partial charge in [-0.3, -0.25) is 9.69 Å². The van der Waals surface area contributed by atoms with Gasteiger partial charge in [0.25, 0.3) is 0 Å². The first-order chi connectivity index (χ1) is 12.2. The molecule has 0 spiro atoms. The van der Waals surface area contributed by atoms with Gasteiger partial charge in [0.2, 0.25) is 5.91 Å². The number of benzene rings is 1. The smallest absolute Gasteiger partial charge is 0.222 e. The predicted octanol–water partition coefficient (Wildman–Crippen LogP) is 2.53. The number of fused-ring (bicyclic) bond motifs is 1. The fourth-order valence-corrected chi connectivity index (χ4v) is 4.04. The van der Waals surface area contributed by atoms with Crippen molar-refractivity contribution in [1.29, 1.82) is 0 Å². The van der Waals surface area contributed by atoms with Gasteiger partial charge >= 0.3 is 0 Å². The number of aliphatic hydroxyl groups excluding tert-OH is 1. The number of likely N-dealkylation sites (tertiary alicyclic amines) is 2. The van der Waals surface area contributed by atoms with E-state index in [0.29, 0.717) is 31.3 Å². The fourth-order valence-electron chi connectivity index (χ4n) is 4.04. The van der Waals surface area contributed by atoms with Gasteiger partial charge in [-0.05, 0) is 42.9 Å². The van der Waals surface area contributed by atoms with Crippen molar-refractivity contribution in [2.75, 3.05) is 32.8 Å². The number of amides is 1. The zero-order valence-corrected chi connectivity index (χ0v) is 14.6. The number of carbonyl (C=O) groups is 1. The van der Waals surface area contributed by atoms with E-state index in [9.17, 15) is 9.18 Å². The standard InChI is InChI=1S/C20H27FN2O2/c21-18-7-4-16(5-8-18)3-1-11-22-13-10-19-17(15-22)6-9-20(25)23(19)12-2-14-24/h1,3-5,7-8,17,19,24H,2,6,9-15H2/b3-1+/t17-,19+/m0/s1. The minimum atomic E-state index is -0.211. The maximum Gasteiger partial charge on any atom is 0.222 e. The molecule has 2 saturated heterocycles. The lowest BCUT2D eigenvalue weighted by molar-refractivity contribution is -0.141. The highest BCUT2D eigenvalue weighted by Gasteiger charge is 2.38. The second kappa shape index (κ2) is 8.59. The lowest BCUT2D eigenvalue weighted by Crippen LogP contribution is -2.56. The average molecular weight is 346 g/mol. The number of piperidine rings is 2. The van der Waals surface area contributed by atoms with Crippen LogP contribution in [0, 0.1) is 11.7 Å². The van der Waals surface area contributed by atoms with Crippen molar-refractivity contribution in [1.82, 2.24) is 9.80 Å². The molecule has 1 aromatic rings. The highest BCUT2D eigenvalue weighted by molar-refractivity contribution is 5.77. The summed E-state index contributed by atoms with van der Waals surface area (Å²) in [5, 5.41) is 9.05. The van der Waals surface area contributed by atoms with Gasteiger partial charge in [-0.25, -0.2) is 4.39 Å². The molecule has 0 bridgehead atoms. The van der Waals surface area contributed by atoms with Crippen LogP contribution in [0.5, 0.6) is 0 Å². The van der Waals surface area contributed by atoms with Gasteiger partial charge in [0.05, 0.1) is 0 Å². The van der Waals surface area contributed by atoms with Crippen LogP contribution in [0.3, 0.4) is 0 Å². The third kappa shape index (κ3) is 4.67. The Kier molecular flexibility index (Phi) is 6.21. The number of rotatable bonds is 6. The highest BCUT2D eigenvalue weighted by atomic mass is 19.1. The van der Waals surface area contributed by atoms with Gasteiger partial charge in [0.1, 0.15) is 5.82 Å². The molecule has 2 atom stereocenters. The molecule has 2 heterocycles. The molecule has 0 radical (unpaired) electrons. The number of hydrogen-bond donors (Lipinski definition) is 1. The van der Waals surface area contributed by atoms with Crippen molar-refractivity contribution >= 4 is 12.0 Å². The van der Waals surface area contributed by atoms with Gasteiger partial charge in [0, 0.05) is 45.2 Å². The topological polar surface area (TPSA) is 43.8 Å². The molecule has 136 valence electrons. The normalized spacial score (nSPS) is 24.7. The molecule has 1 aromatic carbocycles. The van der Waals surface area contributed by atoms with Crippen LogP contribution in [0.1, 0.15) is 31.2 Å². The molecule has 0 saturated carbocycles. The molecule has 0 unspecified atom stereocenters. The highest BCUT2D eigenvalue weighted by Crippen LogP contribution is 2.31. The SMILES string of the molecule is O=C1CC[C@H]2CN(C/C=C/c3ccc(F)cc3)CC[C@H]2N1CCCO. The van der Waals surface area contributed by atoms with Crippen LogP contribution >= 0.6 is 0 Å². The van der Waals surface area contributed by atoms with Gasteiger partial charge in [-0.1, -0.05) is 24.3 Å². The van der Waals surface area contributed by atoms with E-state index in [1.165, 1.54) is 12.1 Å². The Morgan fingerprint density at radius 1 is 1.24 bits per heavy atom. The lowest BCUT2D eigenvalue weighted by atomic mass is 9.83. The van der Waals surface area contributed by atoms with Crippen LogP contribution in [0.4, 0.5) is 4.39 Å². The first-order valence-electron chi connectivity index (χ1n) is 9.22. The first-order valence-corrected chi connectivity index (χ1v) is 9.22. The maximum atomic E-state index is 12.9. The summed E-state index contributed by atoms with van der Waals surface area (Å²) in [5.74, 6) is 0.570. The predicted molar refractivity (Wildman–Crippen MR) is 96.4 cm³/mol. The summed E-state index contributed by atoms with van der Waals surface area (Å²) < 4.78 is 12.9. The minimum Gasteiger partial charge on any atom is -0.396 e. The lowest BCUT2D eigenvalue weighted by Gasteiger charge is -2.47. The molecule has 3 rings (SSSR count). The van der Waals surface area contributed by atoms with Crippen LogP contribution in [0.15, 0.2) is 30.3 Å². The number of hydrogen-bond acceptors (Lipinski definition) is 3. The summed E-state index contributed by atoms with van der Waals surface area (Å²) >= 11 is 0. The molecule has 2 fully saturated rings.